The molecule has 1 N–H and O–H groups in total. The third-order valence-electron chi connectivity index (χ3n) is 5.12. The minimum Gasteiger partial charge on any atom is -0.507 e. The zero-order valence-electron chi connectivity index (χ0n) is 17.0. The Labute approximate surface area is 179 Å². The minimum absolute atomic E-state index is 0.0367. The van der Waals surface area contributed by atoms with Crippen molar-refractivity contribution >= 4 is 23.3 Å². The number of anilines is 1. The minimum atomic E-state index is -0.934. The third kappa shape index (κ3) is 3.50. The number of carbonyl (C=O) groups excluding carboxylic acids is 2. The predicted octanol–water partition coefficient (Wildman–Crippen LogP) is 3.73. The summed E-state index contributed by atoms with van der Waals surface area (Å²) in [7, 11) is 3.02. The van der Waals surface area contributed by atoms with Gasteiger partial charge in [-0.1, -0.05) is 36.4 Å². The summed E-state index contributed by atoms with van der Waals surface area (Å²) in [4.78, 5) is 31.7. The second kappa shape index (κ2) is 8.31. The molecular formula is C24H20N2O5. The maximum absolute atomic E-state index is 13.1. The number of ether oxygens (including phenoxy) is 2. The SMILES string of the molecule is COc1ccc(C2/C(=C(\O)c3ccccc3)C(=O)C(=O)N2c2ccccn2)c(OC)c1. The molecule has 1 aromatic heterocycles. The van der Waals surface area contributed by atoms with E-state index in [1.54, 1.807) is 66.7 Å². The predicted molar refractivity (Wildman–Crippen MR) is 115 cm³/mol. The molecule has 3 aromatic rings. The van der Waals surface area contributed by atoms with E-state index in [0.717, 1.165) is 0 Å². The van der Waals surface area contributed by atoms with Crippen molar-refractivity contribution in [2.45, 2.75) is 6.04 Å². The molecule has 1 aliphatic rings. The maximum Gasteiger partial charge on any atom is 0.301 e. The van der Waals surface area contributed by atoms with Gasteiger partial charge in [0.2, 0.25) is 0 Å². The number of amides is 1. The summed E-state index contributed by atoms with van der Waals surface area (Å²) in [5, 5.41) is 11.1. The third-order valence-corrected chi connectivity index (χ3v) is 5.12. The fourth-order valence-electron chi connectivity index (χ4n) is 3.66. The average Bonchev–Trinajstić information content (AvgIpc) is 3.09. The number of ketones is 1. The van der Waals surface area contributed by atoms with E-state index in [1.165, 1.54) is 25.3 Å². The van der Waals surface area contributed by atoms with Gasteiger partial charge in [-0.2, -0.15) is 0 Å². The first kappa shape index (κ1) is 20.2. The fourth-order valence-corrected chi connectivity index (χ4v) is 3.66. The Hall–Kier alpha value is -4.13. The van der Waals surface area contributed by atoms with Gasteiger partial charge in [0.05, 0.1) is 19.8 Å². The van der Waals surface area contributed by atoms with Crippen molar-refractivity contribution in [2.75, 3.05) is 19.1 Å². The van der Waals surface area contributed by atoms with Crippen LogP contribution in [0.5, 0.6) is 11.5 Å². The van der Waals surface area contributed by atoms with Crippen LogP contribution in [0.4, 0.5) is 5.82 Å². The summed E-state index contributed by atoms with van der Waals surface area (Å²) in [5.74, 6) is -0.585. The first-order valence-electron chi connectivity index (χ1n) is 9.56. The molecule has 0 aliphatic carbocycles. The molecule has 1 fully saturated rings. The fraction of sp³-hybridized carbons (Fsp3) is 0.125. The van der Waals surface area contributed by atoms with E-state index < -0.39 is 17.7 Å². The van der Waals surface area contributed by atoms with E-state index in [1.807, 2.05) is 0 Å². The highest BCUT2D eigenvalue weighted by molar-refractivity contribution is 6.51. The Morgan fingerprint density at radius 2 is 1.71 bits per heavy atom. The second-order valence-electron chi connectivity index (χ2n) is 6.83. The highest BCUT2D eigenvalue weighted by atomic mass is 16.5. The van der Waals surface area contributed by atoms with Gasteiger partial charge in [-0.05, 0) is 24.3 Å². The monoisotopic (exact) mass is 416 g/mol. The molecule has 0 radical (unpaired) electrons. The molecule has 31 heavy (non-hydrogen) atoms. The van der Waals surface area contributed by atoms with Crippen LogP contribution in [0.2, 0.25) is 0 Å². The Morgan fingerprint density at radius 1 is 0.968 bits per heavy atom. The van der Waals surface area contributed by atoms with Crippen LogP contribution in [0, 0.1) is 0 Å². The number of methoxy groups -OCH3 is 2. The maximum atomic E-state index is 13.1. The van der Waals surface area contributed by atoms with E-state index in [-0.39, 0.29) is 11.3 Å². The van der Waals surface area contributed by atoms with Crippen LogP contribution in [-0.2, 0) is 9.59 Å². The smallest absolute Gasteiger partial charge is 0.301 e. The summed E-state index contributed by atoms with van der Waals surface area (Å²) in [6, 6.07) is 17.9. The van der Waals surface area contributed by atoms with Crippen LogP contribution in [0.15, 0.2) is 78.5 Å². The molecule has 7 nitrogen and oxygen atoms in total. The molecule has 1 amide bonds. The highest BCUT2D eigenvalue weighted by Crippen LogP contribution is 2.45. The Kier molecular flexibility index (Phi) is 5.41. The van der Waals surface area contributed by atoms with Crippen molar-refractivity contribution < 1.29 is 24.2 Å². The van der Waals surface area contributed by atoms with Gasteiger partial charge in [-0.15, -0.1) is 0 Å². The molecule has 1 aliphatic heterocycles. The molecule has 1 atom stereocenters. The Morgan fingerprint density at radius 3 is 2.35 bits per heavy atom. The van der Waals surface area contributed by atoms with Crippen LogP contribution < -0.4 is 14.4 Å². The first-order valence-corrected chi connectivity index (χ1v) is 9.56. The van der Waals surface area contributed by atoms with E-state index in [0.29, 0.717) is 28.4 Å². The van der Waals surface area contributed by atoms with E-state index in [4.69, 9.17) is 9.47 Å². The molecule has 4 rings (SSSR count). The van der Waals surface area contributed by atoms with Gasteiger partial charge in [0, 0.05) is 23.4 Å². The summed E-state index contributed by atoms with van der Waals surface area (Å²) in [6.07, 6.45) is 1.54. The number of carbonyl (C=O) groups is 2. The molecule has 1 saturated heterocycles. The number of aliphatic hydroxyl groups is 1. The summed E-state index contributed by atoms with van der Waals surface area (Å²) < 4.78 is 10.8. The molecular weight excluding hydrogens is 396 g/mol. The molecule has 7 heteroatoms. The van der Waals surface area contributed by atoms with Gasteiger partial charge >= 0.3 is 5.91 Å². The van der Waals surface area contributed by atoms with Crippen LogP contribution in [0.3, 0.4) is 0 Å². The lowest BCUT2D eigenvalue weighted by Crippen LogP contribution is -2.30. The van der Waals surface area contributed by atoms with Gasteiger partial charge in [-0.25, -0.2) is 4.98 Å². The van der Waals surface area contributed by atoms with Gasteiger partial charge < -0.3 is 14.6 Å². The average molecular weight is 416 g/mol. The quantitative estimate of drug-likeness (QED) is 0.387. The number of nitrogens with zero attached hydrogens (tertiary/aromatic N) is 2. The number of hydrogen-bond donors (Lipinski definition) is 1. The number of pyridine rings is 1. The normalized spacial score (nSPS) is 17.6. The van der Waals surface area contributed by atoms with Crippen molar-refractivity contribution in [3.05, 3.63) is 89.6 Å². The van der Waals surface area contributed by atoms with Crippen molar-refractivity contribution in [1.82, 2.24) is 4.98 Å². The van der Waals surface area contributed by atoms with Crippen LogP contribution in [0.1, 0.15) is 17.2 Å². The van der Waals surface area contributed by atoms with Gasteiger partial charge in [0.15, 0.2) is 0 Å². The number of Topliss-reactive ketones (excluding diaryl/α,β-unsaturated/α-hetero) is 1. The first-order chi connectivity index (χ1) is 15.1. The van der Waals surface area contributed by atoms with Crippen LogP contribution in [-0.4, -0.2) is 36.0 Å². The number of hydrogen-bond acceptors (Lipinski definition) is 6. The van der Waals surface area contributed by atoms with Gasteiger partial charge in [0.25, 0.3) is 5.78 Å². The molecule has 2 aromatic carbocycles. The Bertz CT molecular complexity index is 1160. The standard InChI is InChI=1S/C24H20N2O5/c1-30-16-11-12-17(18(14-16)31-2)21-20(22(27)15-8-4-3-5-9-15)23(28)24(29)26(21)19-10-6-7-13-25-19/h3-14,21,27H,1-2H3/b22-20+. The zero-order chi connectivity index (χ0) is 22.0. The van der Waals surface area contributed by atoms with Gasteiger partial charge in [-0.3, -0.25) is 14.5 Å². The summed E-state index contributed by atoms with van der Waals surface area (Å²) in [6.45, 7) is 0. The molecule has 1 unspecified atom stereocenters. The van der Waals surface area contributed by atoms with Gasteiger partial charge in [0.1, 0.15) is 29.1 Å². The summed E-state index contributed by atoms with van der Waals surface area (Å²) >= 11 is 0. The van der Waals surface area contributed by atoms with E-state index in [9.17, 15) is 14.7 Å². The number of benzene rings is 2. The summed E-state index contributed by atoms with van der Waals surface area (Å²) in [5.41, 5.74) is 0.912. The second-order valence-corrected chi connectivity index (χ2v) is 6.83. The van der Waals surface area contributed by atoms with Crippen LogP contribution >= 0.6 is 0 Å². The van der Waals surface area contributed by atoms with E-state index >= 15 is 0 Å². The molecule has 2 heterocycles. The molecule has 156 valence electrons. The van der Waals surface area contributed by atoms with Crippen molar-refractivity contribution in [2.24, 2.45) is 0 Å². The van der Waals surface area contributed by atoms with Crippen LogP contribution in [0.25, 0.3) is 5.76 Å². The number of aliphatic hydroxyl groups excluding tert-OH is 1. The highest BCUT2D eigenvalue weighted by Gasteiger charge is 2.48. The van der Waals surface area contributed by atoms with Crippen molar-refractivity contribution in [1.29, 1.82) is 0 Å². The number of aromatic nitrogens is 1. The lowest BCUT2D eigenvalue weighted by molar-refractivity contribution is -0.132. The lowest BCUT2D eigenvalue weighted by atomic mass is 9.94. The molecule has 0 saturated carbocycles. The van der Waals surface area contributed by atoms with Crippen molar-refractivity contribution in [3.8, 4) is 11.5 Å². The largest absolute Gasteiger partial charge is 0.507 e. The Balaban J connectivity index is 1.99. The molecule has 0 spiro atoms. The zero-order valence-corrected chi connectivity index (χ0v) is 17.0. The molecule has 0 bridgehead atoms. The topological polar surface area (TPSA) is 89.0 Å². The number of rotatable bonds is 5. The lowest BCUT2D eigenvalue weighted by Gasteiger charge is -2.26. The van der Waals surface area contributed by atoms with Crippen molar-refractivity contribution in [3.63, 3.8) is 0 Å². The van der Waals surface area contributed by atoms with E-state index in [2.05, 4.69) is 4.98 Å².